The van der Waals surface area contributed by atoms with Gasteiger partial charge in [0, 0.05) is 11.1 Å². The molecule has 11 nitrogen and oxygen atoms in total. The highest BCUT2D eigenvalue weighted by atomic mass is 16.6. The van der Waals surface area contributed by atoms with Gasteiger partial charge < -0.3 is 25.8 Å². The molecule has 0 spiro atoms. The van der Waals surface area contributed by atoms with Gasteiger partial charge in [0.05, 0.1) is 6.61 Å². The predicted molar refractivity (Wildman–Crippen MR) is 64.0 cm³/mol. The van der Waals surface area contributed by atoms with E-state index in [4.69, 9.17) is 16.0 Å². The predicted octanol–water partition coefficient (Wildman–Crippen LogP) is -1.92. The Morgan fingerprint density at radius 2 is 2.35 bits per heavy atom. The maximum absolute atomic E-state index is 11.7. The van der Waals surface area contributed by atoms with Gasteiger partial charge in [-0.15, -0.1) is 0 Å². The Balaban J connectivity index is 2.45. The zero-order chi connectivity index (χ0) is 14.9. The van der Waals surface area contributed by atoms with Gasteiger partial charge in [-0.2, -0.15) is 4.98 Å². The first kappa shape index (κ1) is 14.2. The first-order chi connectivity index (χ1) is 9.45. The molecule has 1 saturated heterocycles. The number of nitrogens with zero attached hydrogens (tertiary/aromatic N) is 5. The van der Waals surface area contributed by atoms with Gasteiger partial charge in [-0.1, -0.05) is 5.11 Å². The van der Waals surface area contributed by atoms with E-state index < -0.39 is 36.5 Å². The van der Waals surface area contributed by atoms with Crippen LogP contribution in [0.15, 0.2) is 22.2 Å². The maximum atomic E-state index is 11.7. The van der Waals surface area contributed by atoms with Crippen LogP contribution in [0.2, 0.25) is 0 Å². The number of rotatable bonds is 3. The number of hydrogen-bond acceptors (Lipinski definition) is 8. The molecular weight excluding hydrogens is 272 g/mol. The average Bonchev–Trinajstić information content (AvgIpc) is 2.65. The monoisotopic (exact) mass is 284 g/mol. The van der Waals surface area contributed by atoms with Crippen molar-refractivity contribution in [2.45, 2.75) is 24.2 Å². The molecule has 0 amide bonds. The van der Waals surface area contributed by atoms with Crippen LogP contribution >= 0.6 is 0 Å². The minimum absolute atomic E-state index is 0.0252. The molecule has 0 aromatic carbocycles. The number of aliphatic hydroxyl groups excluding tert-OH is 3. The fraction of sp³-hybridized carbons (Fsp3) is 0.556. The summed E-state index contributed by atoms with van der Waals surface area (Å²) in [5.74, 6) is -0.0252. The fourth-order valence-electron chi connectivity index (χ4n) is 1.93. The molecule has 2 heterocycles. The fourth-order valence-corrected chi connectivity index (χ4v) is 1.93. The third-order valence-corrected chi connectivity index (χ3v) is 2.97. The Labute approximate surface area is 111 Å². The summed E-state index contributed by atoms with van der Waals surface area (Å²) in [5, 5.41) is 32.2. The van der Waals surface area contributed by atoms with Gasteiger partial charge >= 0.3 is 5.69 Å². The molecule has 1 aromatic rings. The van der Waals surface area contributed by atoms with E-state index >= 15 is 0 Å². The summed E-state index contributed by atoms with van der Waals surface area (Å²) in [4.78, 5) is 17.6. The third-order valence-electron chi connectivity index (χ3n) is 2.97. The van der Waals surface area contributed by atoms with Crippen molar-refractivity contribution in [3.05, 3.63) is 33.2 Å². The van der Waals surface area contributed by atoms with Gasteiger partial charge in [0.15, 0.2) is 6.23 Å². The van der Waals surface area contributed by atoms with Crippen LogP contribution < -0.4 is 11.4 Å². The minimum Gasteiger partial charge on any atom is -0.393 e. The zero-order valence-corrected chi connectivity index (χ0v) is 10.1. The van der Waals surface area contributed by atoms with Gasteiger partial charge in [-0.05, 0) is 11.6 Å². The number of nitrogens with two attached hydrogens (primary N) is 1. The normalized spacial score (nSPS) is 32.9. The van der Waals surface area contributed by atoms with Crippen molar-refractivity contribution in [1.29, 1.82) is 0 Å². The molecule has 5 N–H and O–H groups in total. The lowest BCUT2D eigenvalue weighted by Crippen LogP contribution is -2.44. The Bertz CT molecular complexity index is 613. The largest absolute Gasteiger partial charge is 0.393 e. The quantitative estimate of drug-likeness (QED) is 0.283. The van der Waals surface area contributed by atoms with Gasteiger partial charge in [0.2, 0.25) is 5.72 Å². The number of azide groups is 1. The standard InChI is InChI=1S/C9H12N6O5/c10-4-1-2-15(8(19)12-4)7-5(17)6(18)9(3-16,20-7)13-14-11/h1-2,5-7,16-18H,3H2,(H2,10,12,19)/t5-,6?,7+,9+/m0/s1. The molecule has 11 heteroatoms. The molecule has 0 saturated carbocycles. The maximum Gasteiger partial charge on any atom is 0.351 e. The van der Waals surface area contributed by atoms with Crippen LogP contribution in [0.25, 0.3) is 10.4 Å². The van der Waals surface area contributed by atoms with Crippen LogP contribution in [0.4, 0.5) is 5.82 Å². The van der Waals surface area contributed by atoms with E-state index in [0.717, 1.165) is 4.57 Å². The smallest absolute Gasteiger partial charge is 0.351 e. The van der Waals surface area contributed by atoms with Crippen LogP contribution in [-0.2, 0) is 4.74 Å². The number of ether oxygens (including phenoxy) is 1. The summed E-state index contributed by atoms with van der Waals surface area (Å²) in [6, 6.07) is 1.29. The Hall–Kier alpha value is -2.17. The molecular formula is C9H12N6O5. The minimum atomic E-state index is -2.07. The molecule has 1 fully saturated rings. The summed E-state index contributed by atoms with van der Waals surface area (Å²) in [6.45, 7) is -0.872. The van der Waals surface area contributed by atoms with Crippen LogP contribution in [0.3, 0.4) is 0 Å². The second-order valence-electron chi connectivity index (χ2n) is 4.18. The number of nitrogen functional groups attached to an aromatic ring is 1. The van der Waals surface area contributed by atoms with Crippen LogP contribution in [0, 0.1) is 0 Å². The van der Waals surface area contributed by atoms with Gasteiger partial charge in [0.1, 0.15) is 18.0 Å². The Morgan fingerprint density at radius 1 is 1.65 bits per heavy atom. The lowest BCUT2D eigenvalue weighted by Gasteiger charge is -2.23. The summed E-state index contributed by atoms with van der Waals surface area (Å²) in [6.07, 6.45) is -3.48. The molecule has 1 aromatic heterocycles. The van der Waals surface area contributed by atoms with Crippen LogP contribution in [-0.4, -0.2) is 49.4 Å². The lowest BCUT2D eigenvalue weighted by atomic mass is 10.1. The highest BCUT2D eigenvalue weighted by Gasteiger charge is 2.54. The second-order valence-corrected chi connectivity index (χ2v) is 4.18. The van der Waals surface area contributed by atoms with Crippen molar-refractivity contribution >= 4 is 5.82 Å². The number of aliphatic hydroxyl groups is 3. The summed E-state index contributed by atoms with van der Waals surface area (Å²) < 4.78 is 6.05. The lowest BCUT2D eigenvalue weighted by molar-refractivity contribution is -0.125. The molecule has 1 aliphatic heterocycles. The molecule has 108 valence electrons. The molecule has 4 atom stereocenters. The molecule has 0 aliphatic carbocycles. The second kappa shape index (κ2) is 5.07. The SMILES string of the molecule is [N-]=[N+]=N[C@]1(CO)O[C@@H](n2ccc(N)nc2=O)[C@@H](O)C1O. The van der Waals surface area contributed by atoms with Crippen molar-refractivity contribution in [3.8, 4) is 0 Å². The van der Waals surface area contributed by atoms with E-state index in [1.165, 1.54) is 12.3 Å². The highest BCUT2D eigenvalue weighted by molar-refractivity contribution is 5.23. The van der Waals surface area contributed by atoms with Crippen LogP contribution in [0.1, 0.15) is 6.23 Å². The van der Waals surface area contributed by atoms with E-state index in [-0.39, 0.29) is 5.82 Å². The first-order valence-electron chi connectivity index (χ1n) is 5.51. The van der Waals surface area contributed by atoms with E-state index in [2.05, 4.69) is 15.0 Å². The Morgan fingerprint density at radius 3 is 2.90 bits per heavy atom. The number of aromatic nitrogens is 2. The van der Waals surface area contributed by atoms with Gasteiger partial charge in [-0.25, -0.2) is 4.79 Å². The van der Waals surface area contributed by atoms with E-state index in [0.29, 0.717) is 0 Å². The van der Waals surface area contributed by atoms with E-state index in [9.17, 15) is 20.1 Å². The molecule has 1 unspecified atom stereocenters. The summed E-state index contributed by atoms with van der Waals surface area (Å²) >= 11 is 0. The van der Waals surface area contributed by atoms with E-state index in [1.54, 1.807) is 0 Å². The summed E-state index contributed by atoms with van der Waals surface area (Å²) in [5.41, 5.74) is 10.9. The van der Waals surface area contributed by atoms with Crippen molar-refractivity contribution in [2.24, 2.45) is 5.11 Å². The van der Waals surface area contributed by atoms with Gasteiger partial charge in [0.25, 0.3) is 0 Å². The topological polar surface area (TPSA) is 180 Å². The highest BCUT2D eigenvalue weighted by Crippen LogP contribution is 2.37. The number of anilines is 1. The molecule has 0 radical (unpaired) electrons. The molecule has 1 aliphatic rings. The van der Waals surface area contributed by atoms with Crippen molar-refractivity contribution in [2.75, 3.05) is 12.3 Å². The van der Waals surface area contributed by atoms with Crippen molar-refractivity contribution in [1.82, 2.24) is 9.55 Å². The van der Waals surface area contributed by atoms with Gasteiger partial charge in [-0.3, -0.25) is 4.57 Å². The average molecular weight is 284 g/mol. The van der Waals surface area contributed by atoms with Crippen LogP contribution in [0.5, 0.6) is 0 Å². The van der Waals surface area contributed by atoms with Crippen molar-refractivity contribution in [3.63, 3.8) is 0 Å². The van der Waals surface area contributed by atoms with E-state index in [1.807, 2.05) is 0 Å². The number of hydrogen-bond donors (Lipinski definition) is 4. The first-order valence-corrected chi connectivity index (χ1v) is 5.51. The van der Waals surface area contributed by atoms with Crippen molar-refractivity contribution < 1.29 is 20.1 Å². The zero-order valence-electron chi connectivity index (χ0n) is 10.1. The Kier molecular flexibility index (Phi) is 3.61. The molecule has 2 rings (SSSR count). The third kappa shape index (κ3) is 2.09. The molecule has 20 heavy (non-hydrogen) atoms. The summed E-state index contributed by atoms with van der Waals surface area (Å²) in [7, 11) is 0. The molecule has 0 bridgehead atoms.